The van der Waals surface area contributed by atoms with E-state index in [0.29, 0.717) is 12.8 Å². The fourth-order valence-corrected chi connectivity index (χ4v) is 6.30. The van der Waals surface area contributed by atoms with Crippen molar-refractivity contribution in [1.82, 2.24) is 0 Å². The van der Waals surface area contributed by atoms with Gasteiger partial charge in [-0.1, -0.05) is 200 Å². The third kappa shape index (κ3) is 48.8. The first-order valence-electron chi connectivity index (χ1n) is 24.6. The molecule has 0 fully saturated rings. The number of carbonyl (C=O) groups is 2. The zero-order valence-electron chi connectivity index (χ0n) is 39.1. The van der Waals surface area contributed by atoms with Gasteiger partial charge in [0.15, 0.2) is 6.10 Å². The lowest BCUT2D eigenvalue weighted by Gasteiger charge is -2.15. The third-order valence-corrected chi connectivity index (χ3v) is 9.99. The van der Waals surface area contributed by atoms with Crippen molar-refractivity contribution >= 4 is 11.9 Å². The Morgan fingerprint density at radius 1 is 0.393 bits per heavy atom. The molecule has 0 aliphatic carbocycles. The Morgan fingerprint density at radius 2 is 0.705 bits per heavy atom. The number of aliphatic hydroxyl groups excluding tert-OH is 1. The van der Waals surface area contributed by atoms with Crippen LogP contribution in [0.3, 0.4) is 0 Å². The number of hydrogen-bond acceptors (Lipinski definition) is 5. The first-order valence-corrected chi connectivity index (χ1v) is 24.6. The molecule has 0 aromatic heterocycles. The van der Waals surface area contributed by atoms with E-state index in [2.05, 4.69) is 135 Å². The molecule has 5 heteroatoms. The average Bonchev–Trinajstić information content (AvgIpc) is 3.26. The second kappa shape index (κ2) is 50.7. The number of aliphatic hydroxyl groups is 1. The van der Waals surface area contributed by atoms with Crippen LogP contribution in [0.5, 0.6) is 0 Å². The first-order chi connectivity index (χ1) is 30.1. The van der Waals surface area contributed by atoms with Gasteiger partial charge in [-0.25, -0.2) is 0 Å². The highest BCUT2D eigenvalue weighted by molar-refractivity contribution is 5.70. The maximum atomic E-state index is 12.3. The van der Waals surface area contributed by atoms with E-state index in [9.17, 15) is 14.7 Å². The van der Waals surface area contributed by atoms with Gasteiger partial charge in [0.1, 0.15) is 6.61 Å². The van der Waals surface area contributed by atoms with Gasteiger partial charge in [0, 0.05) is 12.8 Å². The van der Waals surface area contributed by atoms with Crippen LogP contribution in [0, 0.1) is 0 Å². The Hall–Kier alpha value is -3.70. The van der Waals surface area contributed by atoms with Crippen molar-refractivity contribution in [3.8, 4) is 0 Å². The van der Waals surface area contributed by atoms with Crippen LogP contribution in [-0.4, -0.2) is 36.4 Å². The molecule has 1 atom stereocenters. The molecule has 0 aliphatic heterocycles. The molecule has 1 unspecified atom stereocenters. The summed E-state index contributed by atoms with van der Waals surface area (Å²) >= 11 is 0. The monoisotopic (exact) mass is 843 g/mol. The van der Waals surface area contributed by atoms with Crippen LogP contribution in [0.2, 0.25) is 0 Å². The van der Waals surface area contributed by atoms with Crippen molar-refractivity contribution in [2.45, 2.75) is 206 Å². The van der Waals surface area contributed by atoms with Gasteiger partial charge in [-0.15, -0.1) is 0 Å². The summed E-state index contributed by atoms with van der Waals surface area (Å²) in [5.41, 5.74) is 0. The van der Waals surface area contributed by atoms with Crippen LogP contribution in [0.15, 0.2) is 122 Å². The highest BCUT2D eigenvalue weighted by Crippen LogP contribution is 2.12. The van der Waals surface area contributed by atoms with E-state index in [1.807, 2.05) is 0 Å². The Kier molecular flexibility index (Phi) is 47.6. The van der Waals surface area contributed by atoms with Crippen LogP contribution < -0.4 is 0 Å². The maximum Gasteiger partial charge on any atom is 0.306 e. The summed E-state index contributed by atoms with van der Waals surface area (Å²) in [6.45, 7) is 3.97. The quantitative estimate of drug-likeness (QED) is 0.0376. The summed E-state index contributed by atoms with van der Waals surface area (Å²) in [5.74, 6) is -0.633. The molecule has 344 valence electrons. The van der Waals surface area contributed by atoms with Gasteiger partial charge in [0.25, 0.3) is 0 Å². The SMILES string of the molecule is CC/C=C\C/C=C\C/C=C\C/C=C\C/C=C\C/C=C\C/C=C\C/C=C\CCCCCCCCC(=O)OC(CO)COC(=O)CCCCCCC/C=C\C/C=C\CCCCCC. The highest BCUT2D eigenvalue weighted by Gasteiger charge is 2.16. The van der Waals surface area contributed by atoms with E-state index in [-0.39, 0.29) is 25.2 Å². The highest BCUT2D eigenvalue weighted by atomic mass is 16.6. The zero-order valence-corrected chi connectivity index (χ0v) is 39.1. The molecular formula is C56H90O5. The largest absolute Gasteiger partial charge is 0.462 e. The summed E-state index contributed by atoms with van der Waals surface area (Å²) in [7, 11) is 0. The molecule has 0 rings (SSSR count). The summed E-state index contributed by atoms with van der Waals surface area (Å²) in [6, 6.07) is 0. The molecule has 1 N–H and O–H groups in total. The summed E-state index contributed by atoms with van der Waals surface area (Å²) in [5, 5.41) is 9.61. The first kappa shape index (κ1) is 57.3. The molecule has 61 heavy (non-hydrogen) atoms. The van der Waals surface area contributed by atoms with Crippen LogP contribution >= 0.6 is 0 Å². The smallest absolute Gasteiger partial charge is 0.306 e. The van der Waals surface area contributed by atoms with Gasteiger partial charge in [0.05, 0.1) is 6.61 Å². The zero-order chi connectivity index (χ0) is 44.2. The van der Waals surface area contributed by atoms with E-state index >= 15 is 0 Å². The van der Waals surface area contributed by atoms with Gasteiger partial charge in [-0.3, -0.25) is 9.59 Å². The molecule has 0 aliphatic rings. The number of unbranched alkanes of at least 4 members (excludes halogenated alkanes) is 15. The van der Waals surface area contributed by atoms with E-state index in [4.69, 9.17) is 9.47 Å². The molecule has 0 saturated heterocycles. The lowest BCUT2D eigenvalue weighted by molar-refractivity contribution is -0.161. The molecule has 0 amide bonds. The predicted octanol–water partition coefficient (Wildman–Crippen LogP) is 16.3. The fraction of sp³-hybridized carbons (Fsp3) is 0.607. The Labute approximate surface area is 375 Å². The van der Waals surface area contributed by atoms with Gasteiger partial charge >= 0.3 is 11.9 Å². The van der Waals surface area contributed by atoms with Crippen LogP contribution in [-0.2, 0) is 19.1 Å². The number of ether oxygens (including phenoxy) is 2. The molecular weight excluding hydrogens is 753 g/mol. The number of carbonyl (C=O) groups excluding carboxylic acids is 2. The minimum absolute atomic E-state index is 0.0868. The Morgan fingerprint density at radius 3 is 1.07 bits per heavy atom. The summed E-state index contributed by atoms with van der Waals surface area (Å²) in [6.07, 6.45) is 74.2. The molecule has 0 heterocycles. The second-order valence-corrected chi connectivity index (χ2v) is 15.8. The average molecular weight is 843 g/mol. The van der Waals surface area contributed by atoms with E-state index < -0.39 is 6.10 Å². The molecule has 0 radical (unpaired) electrons. The van der Waals surface area contributed by atoms with Crippen LogP contribution in [0.1, 0.15) is 200 Å². The van der Waals surface area contributed by atoms with Crippen molar-refractivity contribution in [2.24, 2.45) is 0 Å². The van der Waals surface area contributed by atoms with Crippen molar-refractivity contribution in [2.75, 3.05) is 13.2 Å². The van der Waals surface area contributed by atoms with E-state index in [0.717, 1.165) is 109 Å². The Bertz CT molecular complexity index is 1270. The van der Waals surface area contributed by atoms with Crippen molar-refractivity contribution in [3.05, 3.63) is 122 Å². The molecule has 5 nitrogen and oxygen atoms in total. The standard InChI is InChI=1S/C56H90O5/c1-3-5-7-9-11-13-15-17-19-21-22-23-24-25-26-27-28-29-30-31-32-33-34-35-37-39-41-43-45-47-49-51-56(59)61-54(52-57)53-60-55(58)50-48-46-44-42-40-38-36-20-18-16-14-12-10-8-6-4-2/h5,7,11,13-14,16-17,19-20,22-23,25-26,28-29,31-32,34-36,54,57H,3-4,6,8-10,12,15,18,21,24,27,30,33,37-53H2,1-2H3/b7-5-,13-11-,16-14-,19-17-,23-22-,26-25-,29-28-,32-31-,35-34-,36-20-. The molecule has 0 saturated carbocycles. The summed E-state index contributed by atoms with van der Waals surface area (Å²) < 4.78 is 10.6. The van der Waals surface area contributed by atoms with Crippen molar-refractivity contribution in [1.29, 1.82) is 0 Å². The molecule has 0 bridgehead atoms. The van der Waals surface area contributed by atoms with Gasteiger partial charge in [0.2, 0.25) is 0 Å². The molecule has 0 aromatic rings. The predicted molar refractivity (Wildman–Crippen MR) is 265 cm³/mol. The number of allylic oxidation sites excluding steroid dienone is 20. The third-order valence-electron chi connectivity index (χ3n) is 9.99. The number of rotatable bonds is 43. The van der Waals surface area contributed by atoms with Crippen molar-refractivity contribution in [3.63, 3.8) is 0 Å². The van der Waals surface area contributed by atoms with Gasteiger partial charge < -0.3 is 14.6 Å². The van der Waals surface area contributed by atoms with E-state index in [1.165, 1.54) is 64.2 Å². The van der Waals surface area contributed by atoms with Gasteiger partial charge in [-0.2, -0.15) is 0 Å². The topological polar surface area (TPSA) is 72.8 Å². The number of hydrogen-bond donors (Lipinski definition) is 1. The fourth-order valence-electron chi connectivity index (χ4n) is 6.30. The second-order valence-electron chi connectivity index (χ2n) is 15.8. The van der Waals surface area contributed by atoms with Gasteiger partial charge in [-0.05, 0) is 109 Å². The number of esters is 2. The summed E-state index contributed by atoms with van der Waals surface area (Å²) in [4.78, 5) is 24.4. The lowest BCUT2D eigenvalue weighted by Crippen LogP contribution is -2.28. The molecule has 0 aromatic carbocycles. The van der Waals surface area contributed by atoms with Crippen molar-refractivity contribution < 1.29 is 24.2 Å². The van der Waals surface area contributed by atoms with E-state index in [1.54, 1.807) is 0 Å². The van der Waals surface area contributed by atoms with Crippen LogP contribution in [0.25, 0.3) is 0 Å². The lowest BCUT2D eigenvalue weighted by atomic mass is 10.1. The maximum absolute atomic E-state index is 12.3. The Balaban J connectivity index is 3.65. The minimum Gasteiger partial charge on any atom is -0.462 e. The normalized spacial score (nSPS) is 13.3. The van der Waals surface area contributed by atoms with Crippen LogP contribution in [0.4, 0.5) is 0 Å². The molecule has 0 spiro atoms. The minimum atomic E-state index is -0.795.